The number of alkyl halides is 3. The third kappa shape index (κ3) is 3.36. The molecule has 0 fully saturated rings. The largest absolute Gasteiger partial charge is 0.471 e. The van der Waals surface area contributed by atoms with Crippen LogP contribution in [-0.4, -0.2) is 23.9 Å². The van der Waals surface area contributed by atoms with Crippen molar-refractivity contribution in [2.45, 2.75) is 26.1 Å². The molecule has 3 nitrogen and oxygen atoms in total. The Morgan fingerprint density at radius 2 is 1.75 bits per heavy atom. The fourth-order valence-corrected chi connectivity index (χ4v) is 0.380. The third-order valence-electron chi connectivity index (χ3n) is 1.21. The van der Waals surface area contributed by atoms with Gasteiger partial charge in [-0.3, -0.25) is 9.59 Å². The molecule has 0 rings (SSSR count). The molecule has 1 atom stereocenters. The minimum absolute atomic E-state index is 0.521. The van der Waals surface area contributed by atoms with Gasteiger partial charge in [-0.05, 0) is 13.8 Å². The van der Waals surface area contributed by atoms with Crippen LogP contribution in [0.25, 0.3) is 0 Å². The van der Waals surface area contributed by atoms with Gasteiger partial charge in [-0.1, -0.05) is 0 Å². The fraction of sp³-hybridized carbons (Fsp3) is 0.667. The van der Waals surface area contributed by atoms with E-state index in [1.165, 1.54) is 12.2 Å². The fourth-order valence-electron chi connectivity index (χ4n) is 0.380. The summed E-state index contributed by atoms with van der Waals surface area (Å²) in [5.41, 5.74) is 0. The summed E-state index contributed by atoms with van der Waals surface area (Å²) in [5, 5.41) is 1.51. The SMILES string of the molecule is CC(=O)[C@@H](C)NC(=O)C(F)(F)F. The summed E-state index contributed by atoms with van der Waals surface area (Å²) in [5.74, 6) is -2.61. The highest BCUT2D eigenvalue weighted by Gasteiger charge is 2.39. The quantitative estimate of drug-likeness (QED) is 0.682. The molecule has 0 aromatic carbocycles. The van der Waals surface area contributed by atoms with E-state index in [1.54, 1.807) is 0 Å². The van der Waals surface area contributed by atoms with Crippen LogP contribution in [0.5, 0.6) is 0 Å². The van der Waals surface area contributed by atoms with Gasteiger partial charge < -0.3 is 5.32 Å². The molecule has 0 heterocycles. The van der Waals surface area contributed by atoms with E-state index in [-0.39, 0.29) is 0 Å². The number of hydrogen-bond donors (Lipinski definition) is 1. The lowest BCUT2D eigenvalue weighted by atomic mass is 10.2. The Kier molecular flexibility index (Phi) is 3.24. The molecule has 0 radical (unpaired) electrons. The van der Waals surface area contributed by atoms with Crippen LogP contribution in [0.2, 0.25) is 0 Å². The summed E-state index contributed by atoms with van der Waals surface area (Å²) in [6, 6.07) is -1.10. The average Bonchev–Trinajstić information content (AvgIpc) is 1.85. The average molecular weight is 183 g/mol. The van der Waals surface area contributed by atoms with Crippen LogP contribution in [0.4, 0.5) is 13.2 Å². The molecule has 70 valence electrons. The van der Waals surface area contributed by atoms with Crippen molar-refractivity contribution in [3.8, 4) is 0 Å². The van der Waals surface area contributed by atoms with Crippen LogP contribution in [0, 0.1) is 0 Å². The zero-order chi connectivity index (χ0) is 9.94. The van der Waals surface area contributed by atoms with E-state index in [4.69, 9.17) is 0 Å². The molecular formula is C6H8F3NO2. The summed E-state index contributed by atoms with van der Waals surface area (Å²) in [7, 11) is 0. The highest BCUT2D eigenvalue weighted by atomic mass is 19.4. The van der Waals surface area contributed by atoms with Gasteiger partial charge in [0.15, 0.2) is 5.78 Å². The molecule has 1 amide bonds. The first-order valence-corrected chi connectivity index (χ1v) is 3.13. The number of ketones is 1. The number of hydrogen-bond acceptors (Lipinski definition) is 2. The summed E-state index contributed by atoms with van der Waals surface area (Å²) in [6.45, 7) is 2.29. The maximum Gasteiger partial charge on any atom is 0.471 e. The van der Waals surface area contributed by atoms with E-state index in [9.17, 15) is 22.8 Å². The van der Waals surface area contributed by atoms with Crippen molar-refractivity contribution < 1.29 is 22.8 Å². The molecule has 6 heteroatoms. The third-order valence-corrected chi connectivity index (χ3v) is 1.21. The van der Waals surface area contributed by atoms with Gasteiger partial charge in [-0.25, -0.2) is 0 Å². The first-order chi connectivity index (χ1) is 5.25. The maximum atomic E-state index is 11.5. The second-order valence-corrected chi connectivity index (χ2v) is 2.30. The standard InChI is InChI=1S/C6H8F3NO2/c1-3(4(2)11)10-5(12)6(7,8)9/h3H,1-2H3,(H,10,12)/t3-/m1/s1. The number of carbonyl (C=O) groups is 2. The molecular weight excluding hydrogens is 175 g/mol. The van der Waals surface area contributed by atoms with Gasteiger partial charge in [0.05, 0.1) is 6.04 Å². The van der Waals surface area contributed by atoms with E-state index >= 15 is 0 Å². The first kappa shape index (κ1) is 10.9. The van der Waals surface area contributed by atoms with E-state index < -0.39 is 23.9 Å². The van der Waals surface area contributed by atoms with Crippen molar-refractivity contribution >= 4 is 11.7 Å². The topological polar surface area (TPSA) is 46.2 Å². The number of halogens is 3. The van der Waals surface area contributed by atoms with Gasteiger partial charge in [0.1, 0.15) is 0 Å². The van der Waals surface area contributed by atoms with E-state index in [0.29, 0.717) is 0 Å². The first-order valence-electron chi connectivity index (χ1n) is 3.13. The van der Waals surface area contributed by atoms with Gasteiger partial charge >= 0.3 is 12.1 Å². The smallest absolute Gasteiger partial charge is 0.339 e. The molecule has 0 bridgehead atoms. The Labute approximate surface area is 66.9 Å². The second-order valence-electron chi connectivity index (χ2n) is 2.30. The monoisotopic (exact) mass is 183 g/mol. The van der Waals surface area contributed by atoms with Crippen LogP contribution in [-0.2, 0) is 9.59 Å². The van der Waals surface area contributed by atoms with Crippen molar-refractivity contribution in [3.05, 3.63) is 0 Å². The summed E-state index contributed by atoms with van der Waals surface area (Å²) in [6.07, 6.45) is -4.93. The Balaban J connectivity index is 4.11. The van der Waals surface area contributed by atoms with Crippen LogP contribution in [0.3, 0.4) is 0 Å². The van der Waals surface area contributed by atoms with E-state index in [1.807, 2.05) is 0 Å². The van der Waals surface area contributed by atoms with Gasteiger partial charge in [0.25, 0.3) is 0 Å². The molecule has 1 N–H and O–H groups in total. The predicted molar refractivity (Wildman–Crippen MR) is 34.3 cm³/mol. The van der Waals surface area contributed by atoms with Crippen molar-refractivity contribution in [3.63, 3.8) is 0 Å². The number of nitrogens with one attached hydrogen (secondary N) is 1. The maximum absolute atomic E-state index is 11.5. The number of rotatable bonds is 2. The zero-order valence-electron chi connectivity index (χ0n) is 6.53. The summed E-state index contributed by atoms with van der Waals surface area (Å²) >= 11 is 0. The zero-order valence-corrected chi connectivity index (χ0v) is 6.53. The second kappa shape index (κ2) is 3.55. The van der Waals surface area contributed by atoms with Crippen LogP contribution in [0.15, 0.2) is 0 Å². The van der Waals surface area contributed by atoms with Crippen molar-refractivity contribution in [1.29, 1.82) is 0 Å². The normalized spacial score (nSPS) is 13.8. The molecule has 0 aliphatic heterocycles. The molecule has 0 aliphatic carbocycles. The number of carbonyl (C=O) groups excluding carboxylic acids is 2. The lowest BCUT2D eigenvalue weighted by molar-refractivity contribution is -0.174. The van der Waals surface area contributed by atoms with Gasteiger partial charge in [-0.2, -0.15) is 13.2 Å². The van der Waals surface area contributed by atoms with Crippen LogP contribution >= 0.6 is 0 Å². The number of amides is 1. The van der Waals surface area contributed by atoms with Crippen molar-refractivity contribution in [2.75, 3.05) is 0 Å². The molecule has 0 spiro atoms. The lowest BCUT2D eigenvalue weighted by Crippen LogP contribution is -2.44. The lowest BCUT2D eigenvalue weighted by Gasteiger charge is -2.11. The Morgan fingerprint density at radius 3 is 2.00 bits per heavy atom. The Morgan fingerprint density at radius 1 is 1.33 bits per heavy atom. The summed E-state index contributed by atoms with van der Waals surface area (Å²) in [4.78, 5) is 20.6. The molecule has 0 saturated carbocycles. The van der Waals surface area contributed by atoms with Crippen LogP contribution < -0.4 is 5.32 Å². The van der Waals surface area contributed by atoms with Crippen molar-refractivity contribution in [2.24, 2.45) is 0 Å². The van der Waals surface area contributed by atoms with Crippen molar-refractivity contribution in [1.82, 2.24) is 5.32 Å². The minimum atomic E-state index is -4.93. The molecule has 0 aliphatic rings. The molecule has 0 aromatic rings. The van der Waals surface area contributed by atoms with E-state index in [2.05, 4.69) is 0 Å². The molecule has 12 heavy (non-hydrogen) atoms. The molecule has 0 saturated heterocycles. The predicted octanol–water partition coefficient (Wildman–Crippen LogP) is 0.642. The van der Waals surface area contributed by atoms with E-state index in [0.717, 1.165) is 6.92 Å². The molecule has 0 aromatic heterocycles. The summed E-state index contributed by atoms with van der Waals surface area (Å²) < 4.78 is 34.6. The van der Waals surface area contributed by atoms with Gasteiger partial charge in [0, 0.05) is 0 Å². The highest BCUT2D eigenvalue weighted by molar-refractivity contribution is 5.89. The number of Topliss-reactive ketones (excluding diaryl/α,β-unsaturated/α-hetero) is 1. The van der Waals surface area contributed by atoms with Crippen LogP contribution in [0.1, 0.15) is 13.8 Å². The Bertz CT molecular complexity index is 199. The van der Waals surface area contributed by atoms with Gasteiger partial charge in [-0.15, -0.1) is 0 Å². The minimum Gasteiger partial charge on any atom is -0.339 e. The highest BCUT2D eigenvalue weighted by Crippen LogP contribution is 2.14. The Hall–Kier alpha value is -1.07. The van der Waals surface area contributed by atoms with Gasteiger partial charge in [0.2, 0.25) is 0 Å². The molecule has 0 unspecified atom stereocenters.